The molecule has 2 N–H and O–H groups in total. The molecule has 0 heterocycles. The Morgan fingerprint density at radius 3 is 2.44 bits per heavy atom. The van der Waals surface area contributed by atoms with Gasteiger partial charge in [-0.05, 0) is 29.9 Å². The summed E-state index contributed by atoms with van der Waals surface area (Å²) >= 11 is 0. The van der Waals surface area contributed by atoms with Gasteiger partial charge in [0.05, 0.1) is 0 Å². The lowest BCUT2D eigenvalue weighted by atomic mass is 9.81. The van der Waals surface area contributed by atoms with Gasteiger partial charge >= 0.3 is 0 Å². The molecule has 2 atom stereocenters. The monoisotopic (exact) mass is 218 g/mol. The third-order valence-electron chi connectivity index (χ3n) is 3.22. The predicted octanol–water partition coefficient (Wildman–Crippen LogP) is 2.08. The van der Waals surface area contributed by atoms with Crippen molar-refractivity contribution in [2.75, 3.05) is 13.2 Å². The van der Waals surface area contributed by atoms with Crippen molar-refractivity contribution in [2.45, 2.75) is 12.8 Å². The van der Waals surface area contributed by atoms with Gasteiger partial charge in [-0.15, -0.1) is 0 Å². The summed E-state index contributed by atoms with van der Waals surface area (Å²) in [6.45, 7) is 0.382. The summed E-state index contributed by atoms with van der Waals surface area (Å²) in [5.41, 5.74) is 2.46. The van der Waals surface area contributed by atoms with Crippen LogP contribution in [-0.2, 0) is 0 Å². The normalized spacial score (nSPS) is 25.2. The van der Waals surface area contributed by atoms with E-state index < -0.39 is 0 Å². The van der Waals surface area contributed by atoms with Crippen molar-refractivity contribution in [3.63, 3.8) is 0 Å². The van der Waals surface area contributed by atoms with Gasteiger partial charge in [0.25, 0.3) is 0 Å². The number of hydrogen-bond donors (Lipinski definition) is 2. The molecule has 0 saturated heterocycles. The number of aliphatic hydroxyl groups is 2. The van der Waals surface area contributed by atoms with Crippen LogP contribution in [0.15, 0.2) is 36.4 Å². The van der Waals surface area contributed by atoms with Gasteiger partial charge in [-0.25, -0.2) is 0 Å². The molecule has 0 saturated carbocycles. The first-order chi connectivity index (χ1) is 7.83. The molecule has 0 aliphatic heterocycles. The van der Waals surface area contributed by atoms with Crippen LogP contribution in [0.3, 0.4) is 0 Å². The average Bonchev–Trinajstić information content (AvgIpc) is 2.39. The minimum atomic E-state index is 0.173. The number of allylic oxidation sites excluding steroid dienone is 1. The molecule has 0 bridgehead atoms. The van der Waals surface area contributed by atoms with Crippen LogP contribution in [0.25, 0.3) is 5.57 Å². The molecule has 16 heavy (non-hydrogen) atoms. The quantitative estimate of drug-likeness (QED) is 0.815. The van der Waals surface area contributed by atoms with Gasteiger partial charge in [0, 0.05) is 19.1 Å². The number of hydrogen-bond acceptors (Lipinski definition) is 2. The fraction of sp³-hybridized carbons (Fsp3) is 0.429. The van der Waals surface area contributed by atoms with Crippen molar-refractivity contribution >= 4 is 5.57 Å². The number of aliphatic hydroxyl groups excluding tert-OH is 2. The molecule has 0 fully saturated rings. The van der Waals surface area contributed by atoms with Crippen molar-refractivity contribution < 1.29 is 10.2 Å². The van der Waals surface area contributed by atoms with Crippen LogP contribution in [-0.4, -0.2) is 23.4 Å². The predicted molar refractivity (Wildman–Crippen MR) is 64.8 cm³/mol. The van der Waals surface area contributed by atoms with E-state index in [1.54, 1.807) is 0 Å². The van der Waals surface area contributed by atoms with E-state index in [0.717, 1.165) is 12.8 Å². The summed E-state index contributed by atoms with van der Waals surface area (Å²) < 4.78 is 0. The standard InChI is InChI=1S/C14H18O2/c15-9-11-6-12(10-16)8-14(7-11)13-4-2-1-3-5-13/h1-5,7,11-12,15-16H,6,8-10H2/t11-,12+/m0/s1. The Morgan fingerprint density at radius 1 is 1.06 bits per heavy atom. The summed E-state index contributed by atoms with van der Waals surface area (Å²) in [5, 5.41) is 18.5. The van der Waals surface area contributed by atoms with Gasteiger partial charge in [0.2, 0.25) is 0 Å². The van der Waals surface area contributed by atoms with Crippen molar-refractivity contribution in [3.8, 4) is 0 Å². The minimum Gasteiger partial charge on any atom is -0.396 e. The van der Waals surface area contributed by atoms with Gasteiger partial charge in [-0.3, -0.25) is 0 Å². The molecule has 2 heteroatoms. The lowest BCUT2D eigenvalue weighted by Gasteiger charge is -2.26. The van der Waals surface area contributed by atoms with E-state index in [9.17, 15) is 10.2 Å². The number of benzene rings is 1. The van der Waals surface area contributed by atoms with Crippen molar-refractivity contribution in [3.05, 3.63) is 42.0 Å². The molecule has 1 aromatic carbocycles. The van der Waals surface area contributed by atoms with Crippen molar-refractivity contribution in [1.29, 1.82) is 0 Å². The van der Waals surface area contributed by atoms with Crippen LogP contribution in [0.5, 0.6) is 0 Å². The van der Waals surface area contributed by atoms with Crippen LogP contribution >= 0.6 is 0 Å². The van der Waals surface area contributed by atoms with E-state index in [1.807, 2.05) is 18.2 Å². The molecular weight excluding hydrogens is 200 g/mol. The van der Waals surface area contributed by atoms with Crippen LogP contribution in [0.4, 0.5) is 0 Å². The van der Waals surface area contributed by atoms with Crippen molar-refractivity contribution in [2.24, 2.45) is 11.8 Å². The van der Waals surface area contributed by atoms with Gasteiger partial charge in [-0.1, -0.05) is 36.4 Å². The van der Waals surface area contributed by atoms with Gasteiger partial charge in [-0.2, -0.15) is 0 Å². The van der Waals surface area contributed by atoms with Crippen LogP contribution in [0.2, 0.25) is 0 Å². The zero-order valence-electron chi connectivity index (χ0n) is 9.34. The topological polar surface area (TPSA) is 40.5 Å². The van der Waals surface area contributed by atoms with Gasteiger partial charge in [0.15, 0.2) is 0 Å². The zero-order chi connectivity index (χ0) is 11.4. The van der Waals surface area contributed by atoms with Crippen LogP contribution in [0, 0.1) is 11.8 Å². The molecule has 2 nitrogen and oxygen atoms in total. The second kappa shape index (κ2) is 5.28. The molecular formula is C14H18O2. The van der Waals surface area contributed by atoms with E-state index in [-0.39, 0.29) is 25.0 Å². The maximum Gasteiger partial charge on any atom is 0.0494 e. The average molecular weight is 218 g/mol. The van der Waals surface area contributed by atoms with Crippen molar-refractivity contribution in [1.82, 2.24) is 0 Å². The zero-order valence-corrected chi connectivity index (χ0v) is 9.34. The van der Waals surface area contributed by atoms with Gasteiger partial charge < -0.3 is 10.2 Å². The lowest BCUT2D eigenvalue weighted by Crippen LogP contribution is -2.19. The number of rotatable bonds is 3. The Labute approximate surface area is 96.2 Å². The highest BCUT2D eigenvalue weighted by Crippen LogP contribution is 2.33. The van der Waals surface area contributed by atoms with E-state index in [1.165, 1.54) is 11.1 Å². The smallest absolute Gasteiger partial charge is 0.0494 e. The molecule has 0 unspecified atom stereocenters. The maximum atomic E-state index is 9.26. The fourth-order valence-corrected chi connectivity index (χ4v) is 2.38. The first-order valence-electron chi connectivity index (χ1n) is 5.81. The third kappa shape index (κ3) is 2.52. The van der Waals surface area contributed by atoms with E-state index in [0.29, 0.717) is 0 Å². The minimum absolute atomic E-state index is 0.173. The van der Waals surface area contributed by atoms with Crippen LogP contribution in [0.1, 0.15) is 18.4 Å². The summed E-state index contributed by atoms with van der Waals surface area (Å²) in [7, 11) is 0. The SMILES string of the molecule is OC[C@@H]1C=C(c2ccccc2)C[C@H](CO)C1. The molecule has 86 valence electrons. The summed E-state index contributed by atoms with van der Waals surface area (Å²) in [5.74, 6) is 0.485. The molecule has 0 radical (unpaired) electrons. The van der Waals surface area contributed by atoms with E-state index >= 15 is 0 Å². The first-order valence-corrected chi connectivity index (χ1v) is 5.81. The van der Waals surface area contributed by atoms with E-state index in [2.05, 4.69) is 18.2 Å². The summed E-state index contributed by atoms with van der Waals surface area (Å²) in [6, 6.07) is 10.2. The fourth-order valence-electron chi connectivity index (χ4n) is 2.38. The highest BCUT2D eigenvalue weighted by Gasteiger charge is 2.21. The summed E-state index contributed by atoms with van der Waals surface area (Å²) in [6.07, 6.45) is 3.96. The lowest BCUT2D eigenvalue weighted by molar-refractivity contribution is 0.175. The maximum absolute atomic E-state index is 9.26. The molecule has 2 rings (SSSR count). The molecule has 0 spiro atoms. The Bertz CT molecular complexity index is 356. The molecule has 1 aliphatic rings. The largest absolute Gasteiger partial charge is 0.396 e. The van der Waals surface area contributed by atoms with Gasteiger partial charge in [0.1, 0.15) is 0 Å². The second-order valence-electron chi connectivity index (χ2n) is 4.49. The first kappa shape index (κ1) is 11.4. The molecule has 0 aromatic heterocycles. The second-order valence-corrected chi connectivity index (χ2v) is 4.49. The molecule has 0 amide bonds. The molecule has 1 aliphatic carbocycles. The highest BCUT2D eigenvalue weighted by atomic mass is 16.3. The third-order valence-corrected chi connectivity index (χ3v) is 3.22. The highest BCUT2D eigenvalue weighted by molar-refractivity contribution is 5.66. The van der Waals surface area contributed by atoms with Crippen LogP contribution < -0.4 is 0 Å². The Morgan fingerprint density at radius 2 is 1.81 bits per heavy atom. The van der Waals surface area contributed by atoms with E-state index in [4.69, 9.17) is 0 Å². The molecule has 1 aromatic rings. The summed E-state index contributed by atoms with van der Waals surface area (Å²) in [4.78, 5) is 0. The Balaban J connectivity index is 2.22. The Hall–Kier alpha value is -1.12. The Kier molecular flexibility index (Phi) is 3.75.